The third kappa shape index (κ3) is 2.33. The van der Waals surface area contributed by atoms with Crippen molar-refractivity contribution in [2.75, 3.05) is 43.9 Å². The van der Waals surface area contributed by atoms with Gasteiger partial charge in [-0.25, -0.2) is 4.98 Å². The van der Waals surface area contributed by atoms with Crippen LogP contribution < -0.4 is 10.6 Å². The molecule has 4 nitrogen and oxygen atoms in total. The molecule has 0 aromatic carbocycles. The molecule has 1 aromatic heterocycles. The van der Waals surface area contributed by atoms with Crippen molar-refractivity contribution in [3.63, 3.8) is 0 Å². The topological polar surface area (TPSA) is 45.4 Å². The number of hydrogen-bond donors (Lipinski definition) is 1. The standard InChI is InChI=1S/C10H15ClN4/c1-14-2-4-15(5-3-14)10-9(11)6-8(12)7-13-10/h6-7H,2-5,12H2,1H3. The number of nitrogen functional groups attached to an aromatic ring is 1. The second kappa shape index (κ2) is 4.24. The zero-order valence-corrected chi connectivity index (χ0v) is 9.54. The molecule has 0 spiro atoms. The van der Waals surface area contributed by atoms with E-state index in [1.54, 1.807) is 12.3 Å². The number of aromatic nitrogens is 1. The summed E-state index contributed by atoms with van der Waals surface area (Å²) in [4.78, 5) is 8.77. The van der Waals surface area contributed by atoms with Crippen LogP contribution in [0.25, 0.3) is 0 Å². The molecule has 1 aromatic rings. The van der Waals surface area contributed by atoms with Crippen molar-refractivity contribution in [2.45, 2.75) is 0 Å². The molecule has 0 amide bonds. The van der Waals surface area contributed by atoms with E-state index in [-0.39, 0.29) is 0 Å². The van der Waals surface area contributed by atoms with Gasteiger partial charge < -0.3 is 15.5 Å². The Morgan fingerprint density at radius 3 is 2.60 bits per heavy atom. The first kappa shape index (κ1) is 10.5. The van der Waals surface area contributed by atoms with E-state index < -0.39 is 0 Å². The van der Waals surface area contributed by atoms with E-state index in [2.05, 4.69) is 21.8 Å². The molecular weight excluding hydrogens is 212 g/mol. The largest absolute Gasteiger partial charge is 0.397 e. The second-order valence-electron chi connectivity index (χ2n) is 3.86. The summed E-state index contributed by atoms with van der Waals surface area (Å²) < 4.78 is 0. The van der Waals surface area contributed by atoms with Gasteiger partial charge in [-0.05, 0) is 13.1 Å². The minimum atomic E-state index is 0.609. The number of pyridine rings is 1. The van der Waals surface area contributed by atoms with Gasteiger partial charge in [0.1, 0.15) is 5.82 Å². The lowest BCUT2D eigenvalue weighted by Crippen LogP contribution is -2.44. The number of likely N-dealkylation sites (N-methyl/N-ethyl adjacent to an activating group) is 1. The van der Waals surface area contributed by atoms with Crippen molar-refractivity contribution in [1.82, 2.24) is 9.88 Å². The number of rotatable bonds is 1. The van der Waals surface area contributed by atoms with Crippen molar-refractivity contribution in [3.8, 4) is 0 Å². The van der Waals surface area contributed by atoms with Crippen LogP contribution in [-0.4, -0.2) is 43.1 Å². The number of halogens is 1. The summed E-state index contributed by atoms with van der Waals surface area (Å²) in [6.07, 6.45) is 1.65. The molecule has 5 heteroatoms. The highest BCUT2D eigenvalue weighted by Crippen LogP contribution is 2.25. The fraction of sp³-hybridized carbons (Fsp3) is 0.500. The number of nitrogens with two attached hydrogens (primary N) is 1. The van der Waals surface area contributed by atoms with Gasteiger partial charge >= 0.3 is 0 Å². The van der Waals surface area contributed by atoms with Crippen LogP contribution in [0.2, 0.25) is 5.02 Å². The van der Waals surface area contributed by atoms with Crippen molar-refractivity contribution in [1.29, 1.82) is 0 Å². The molecule has 0 aliphatic carbocycles. The first-order valence-electron chi connectivity index (χ1n) is 5.01. The van der Waals surface area contributed by atoms with Crippen LogP contribution in [0.5, 0.6) is 0 Å². The Balaban J connectivity index is 2.15. The quantitative estimate of drug-likeness (QED) is 0.778. The Morgan fingerprint density at radius 1 is 1.33 bits per heavy atom. The van der Waals surface area contributed by atoms with Gasteiger partial charge in [0.05, 0.1) is 16.9 Å². The second-order valence-corrected chi connectivity index (χ2v) is 4.27. The first-order chi connectivity index (χ1) is 7.16. The summed E-state index contributed by atoms with van der Waals surface area (Å²) >= 11 is 6.10. The van der Waals surface area contributed by atoms with Crippen LogP contribution in [-0.2, 0) is 0 Å². The molecule has 0 atom stereocenters. The van der Waals surface area contributed by atoms with E-state index in [1.165, 1.54) is 0 Å². The van der Waals surface area contributed by atoms with Gasteiger partial charge in [0.2, 0.25) is 0 Å². The molecule has 1 saturated heterocycles. The molecule has 0 radical (unpaired) electrons. The van der Waals surface area contributed by atoms with E-state index in [1.807, 2.05) is 0 Å². The molecular formula is C10H15ClN4. The average Bonchev–Trinajstić information content (AvgIpc) is 2.20. The highest BCUT2D eigenvalue weighted by atomic mass is 35.5. The third-order valence-electron chi connectivity index (χ3n) is 2.65. The lowest BCUT2D eigenvalue weighted by Gasteiger charge is -2.33. The van der Waals surface area contributed by atoms with Gasteiger partial charge in [0.15, 0.2) is 0 Å². The van der Waals surface area contributed by atoms with Crippen LogP contribution in [0, 0.1) is 0 Å². The van der Waals surface area contributed by atoms with Crippen molar-refractivity contribution >= 4 is 23.1 Å². The molecule has 0 bridgehead atoms. The van der Waals surface area contributed by atoms with Crippen LogP contribution >= 0.6 is 11.6 Å². The van der Waals surface area contributed by atoms with Crippen molar-refractivity contribution in [3.05, 3.63) is 17.3 Å². The highest BCUT2D eigenvalue weighted by molar-refractivity contribution is 6.33. The zero-order chi connectivity index (χ0) is 10.8. The van der Waals surface area contributed by atoms with Gasteiger partial charge in [-0.2, -0.15) is 0 Å². The van der Waals surface area contributed by atoms with Crippen molar-refractivity contribution in [2.24, 2.45) is 0 Å². The van der Waals surface area contributed by atoms with Crippen LogP contribution in [0.3, 0.4) is 0 Å². The number of hydrogen-bond acceptors (Lipinski definition) is 4. The maximum Gasteiger partial charge on any atom is 0.147 e. The number of anilines is 2. The lowest BCUT2D eigenvalue weighted by atomic mass is 10.3. The van der Waals surface area contributed by atoms with Crippen LogP contribution in [0.1, 0.15) is 0 Å². The van der Waals surface area contributed by atoms with Crippen LogP contribution in [0.15, 0.2) is 12.3 Å². The Morgan fingerprint density at radius 2 is 2.00 bits per heavy atom. The van der Waals surface area contributed by atoms with Gasteiger partial charge in [0, 0.05) is 26.2 Å². The Bertz CT molecular complexity index is 347. The zero-order valence-electron chi connectivity index (χ0n) is 8.78. The van der Waals surface area contributed by atoms with E-state index in [9.17, 15) is 0 Å². The summed E-state index contributed by atoms with van der Waals surface area (Å²) in [6.45, 7) is 4.02. The molecule has 0 unspecified atom stereocenters. The van der Waals surface area contributed by atoms with E-state index in [4.69, 9.17) is 17.3 Å². The predicted octanol–water partition coefficient (Wildman–Crippen LogP) is 1.07. The summed E-state index contributed by atoms with van der Waals surface area (Å²) in [5.41, 5.74) is 6.21. The Hall–Kier alpha value is -1.00. The first-order valence-corrected chi connectivity index (χ1v) is 5.39. The molecule has 2 rings (SSSR count). The predicted molar refractivity (Wildman–Crippen MR) is 63.4 cm³/mol. The minimum Gasteiger partial charge on any atom is -0.397 e. The maximum atomic E-state index is 6.10. The van der Waals surface area contributed by atoms with E-state index in [0.717, 1.165) is 32.0 Å². The highest BCUT2D eigenvalue weighted by Gasteiger charge is 2.17. The number of piperazine rings is 1. The number of nitrogens with zero attached hydrogens (tertiary/aromatic N) is 3. The van der Waals surface area contributed by atoms with E-state index in [0.29, 0.717) is 10.7 Å². The minimum absolute atomic E-state index is 0.609. The Kier molecular flexibility index (Phi) is 2.98. The summed E-state index contributed by atoms with van der Waals surface area (Å²) in [6, 6.07) is 1.75. The fourth-order valence-electron chi connectivity index (χ4n) is 1.70. The molecule has 2 N–H and O–H groups in total. The van der Waals surface area contributed by atoms with Gasteiger partial charge in [-0.15, -0.1) is 0 Å². The Labute approximate surface area is 94.6 Å². The summed E-state index contributed by atoms with van der Waals surface area (Å²) in [5, 5.41) is 0.638. The third-order valence-corrected chi connectivity index (χ3v) is 2.92. The average molecular weight is 227 g/mol. The SMILES string of the molecule is CN1CCN(c2ncc(N)cc2Cl)CC1. The van der Waals surface area contributed by atoms with Crippen LogP contribution in [0.4, 0.5) is 11.5 Å². The molecule has 1 aliphatic heterocycles. The fourth-order valence-corrected chi connectivity index (χ4v) is 1.99. The van der Waals surface area contributed by atoms with E-state index >= 15 is 0 Å². The molecule has 82 valence electrons. The molecule has 2 heterocycles. The van der Waals surface area contributed by atoms with Gasteiger partial charge in [-0.3, -0.25) is 0 Å². The smallest absolute Gasteiger partial charge is 0.147 e. The maximum absolute atomic E-state index is 6.10. The van der Waals surface area contributed by atoms with Gasteiger partial charge in [0.25, 0.3) is 0 Å². The molecule has 1 fully saturated rings. The van der Waals surface area contributed by atoms with Gasteiger partial charge in [-0.1, -0.05) is 11.6 Å². The lowest BCUT2D eigenvalue weighted by molar-refractivity contribution is 0.312. The normalized spacial score (nSPS) is 18.1. The molecule has 1 aliphatic rings. The molecule has 0 saturated carbocycles. The summed E-state index contributed by atoms with van der Waals surface area (Å²) in [5.74, 6) is 0.846. The monoisotopic (exact) mass is 226 g/mol. The summed E-state index contributed by atoms with van der Waals surface area (Å²) in [7, 11) is 2.12. The van der Waals surface area contributed by atoms with Crippen molar-refractivity contribution < 1.29 is 0 Å². The molecule has 15 heavy (non-hydrogen) atoms.